The zero-order valence-electron chi connectivity index (χ0n) is 27.8. The van der Waals surface area contributed by atoms with Crippen LogP contribution in [0.1, 0.15) is 0 Å². The van der Waals surface area contributed by atoms with Crippen LogP contribution >= 0.6 is 0 Å². The summed E-state index contributed by atoms with van der Waals surface area (Å²) in [5, 5.41) is 0. The van der Waals surface area contributed by atoms with E-state index in [9.17, 15) is 0 Å². The van der Waals surface area contributed by atoms with E-state index in [1.165, 1.54) is 22.3 Å². The SMILES string of the molecule is c1ccc(-c2ccc(-c3cc(-c4ccc(-c5ccccc5)cc4)nc(-c4ccc(-c5c(-c6ccccc6)nc6ccccn56)cc4)n3)cc2)cc1. The molecule has 0 aliphatic carbocycles. The van der Waals surface area contributed by atoms with Crippen LogP contribution in [0.25, 0.3) is 84.3 Å². The van der Waals surface area contributed by atoms with Crippen molar-refractivity contribution in [1.29, 1.82) is 0 Å². The predicted octanol–water partition coefficient (Wildman–Crippen LogP) is 11.8. The van der Waals surface area contributed by atoms with Gasteiger partial charge in [-0.05, 0) is 40.5 Å². The fraction of sp³-hybridized carbons (Fsp3) is 0. The molecule has 0 N–H and O–H groups in total. The van der Waals surface area contributed by atoms with Crippen LogP contribution in [0.15, 0.2) is 194 Å². The van der Waals surface area contributed by atoms with Crippen molar-refractivity contribution in [1.82, 2.24) is 19.4 Å². The molecule has 51 heavy (non-hydrogen) atoms. The maximum Gasteiger partial charge on any atom is 0.160 e. The molecule has 0 radical (unpaired) electrons. The van der Waals surface area contributed by atoms with Gasteiger partial charge < -0.3 is 0 Å². The number of imidazole rings is 1. The molecule has 4 nitrogen and oxygen atoms in total. The van der Waals surface area contributed by atoms with E-state index in [1.54, 1.807) is 0 Å². The van der Waals surface area contributed by atoms with Gasteiger partial charge in [0.25, 0.3) is 0 Å². The topological polar surface area (TPSA) is 43.1 Å². The third-order valence-electron chi connectivity index (χ3n) is 9.30. The summed E-state index contributed by atoms with van der Waals surface area (Å²) in [6.45, 7) is 0. The van der Waals surface area contributed by atoms with Crippen molar-refractivity contribution in [3.05, 3.63) is 194 Å². The van der Waals surface area contributed by atoms with Crippen molar-refractivity contribution in [3.8, 4) is 78.7 Å². The Kier molecular flexibility index (Phi) is 7.80. The molecular formula is C47H32N4. The second-order valence-electron chi connectivity index (χ2n) is 12.5. The van der Waals surface area contributed by atoms with E-state index >= 15 is 0 Å². The van der Waals surface area contributed by atoms with E-state index in [-0.39, 0.29) is 0 Å². The van der Waals surface area contributed by atoms with Crippen LogP contribution in [0.2, 0.25) is 0 Å². The molecule has 9 aromatic rings. The second kappa shape index (κ2) is 13.2. The lowest BCUT2D eigenvalue weighted by atomic mass is 10.00. The first-order chi connectivity index (χ1) is 25.3. The summed E-state index contributed by atoms with van der Waals surface area (Å²) >= 11 is 0. The summed E-state index contributed by atoms with van der Waals surface area (Å²) in [4.78, 5) is 15.3. The van der Waals surface area contributed by atoms with E-state index in [2.05, 4.69) is 162 Å². The molecule has 0 spiro atoms. The Hall–Kier alpha value is -6.91. The van der Waals surface area contributed by atoms with Gasteiger partial charge in [0.05, 0.1) is 22.8 Å². The van der Waals surface area contributed by atoms with Crippen LogP contribution in [0.3, 0.4) is 0 Å². The monoisotopic (exact) mass is 652 g/mol. The lowest BCUT2D eigenvalue weighted by Gasteiger charge is -2.11. The highest BCUT2D eigenvalue weighted by Gasteiger charge is 2.17. The number of hydrogen-bond donors (Lipinski definition) is 0. The van der Waals surface area contributed by atoms with Crippen LogP contribution in [0.5, 0.6) is 0 Å². The minimum Gasteiger partial charge on any atom is -0.299 e. The van der Waals surface area contributed by atoms with E-state index in [1.807, 2.05) is 36.4 Å². The lowest BCUT2D eigenvalue weighted by molar-refractivity contribution is 1.18. The Balaban J connectivity index is 1.13. The highest BCUT2D eigenvalue weighted by Crippen LogP contribution is 2.35. The van der Waals surface area contributed by atoms with E-state index < -0.39 is 0 Å². The molecule has 6 aromatic carbocycles. The van der Waals surface area contributed by atoms with Crippen LogP contribution in [0, 0.1) is 0 Å². The smallest absolute Gasteiger partial charge is 0.160 e. The zero-order valence-corrected chi connectivity index (χ0v) is 27.8. The molecule has 0 bridgehead atoms. The molecule has 3 aromatic heterocycles. The van der Waals surface area contributed by atoms with Gasteiger partial charge in [-0.2, -0.15) is 0 Å². The summed E-state index contributed by atoms with van der Waals surface area (Å²) in [6, 6.07) is 65.2. The molecular weight excluding hydrogens is 621 g/mol. The molecule has 0 aliphatic heterocycles. The van der Waals surface area contributed by atoms with Crippen LogP contribution in [-0.4, -0.2) is 19.4 Å². The number of hydrogen-bond acceptors (Lipinski definition) is 3. The number of nitrogens with zero attached hydrogens (tertiary/aromatic N) is 4. The van der Waals surface area contributed by atoms with Crippen LogP contribution < -0.4 is 0 Å². The Morgan fingerprint density at radius 3 is 1.25 bits per heavy atom. The summed E-state index contributed by atoms with van der Waals surface area (Å²) in [6.07, 6.45) is 2.07. The molecule has 9 rings (SSSR count). The summed E-state index contributed by atoms with van der Waals surface area (Å²) in [7, 11) is 0. The first kappa shape index (κ1) is 30.2. The van der Waals surface area contributed by atoms with Crippen molar-refractivity contribution in [2.24, 2.45) is 0 Å². The molecule has 0 saturated heterocycles. The lowest BCUT2D eigenvalue weighted by Crippen LogP contribution is -1.96. The van der Waals surface area contributed by atoms with Gasteiger partial charge in [0.2, 0.25) is 0 Å². The Labute approximate surface area is 297 Å². The maximum atomic E-state index is 5.15. The average molecular weight is 653 g/mol. The minimum atomic E-state index is 0.676. The first-order valence-electron chi connectivity index (χ1n) is 17.1. The molecule has 0 fully saturated rings. The standard InChI is InChI=1S/C47H32N4/c1-4-12-33(13-5-1)35-19-23-37(24-20-35)42-32-43(38-25-21-36(22-26-38)34-14-6-2-7-15-34)49-47(48-42)41-29-27-40(28-30-41)46-45(39-16-8-3-9-17-39)50-44-18-10-11-31-51(44)46/h1-32H. The summed E-state index contributed by atoms with van der Waals surface area (Å²) in [5.74, 6) is 0.676. The number of aromatic nitrogens is 4. The minimum absolute atomic E-state index is 0.676. The zero-order chi connectivity index (χ0) is 34.0. The Bertz CT molecular complexity index is 2470. The van der Waals surface area contributed by atoms with Crippen molar-refractivity contribution in [3.63, 3.8) is 0 Å². The molecule has 3 heterocycles. The second-order valence-corrected chi connectivity index (χ2v) is 12.5. The van der Waals surface area contributed by atoms with Gasteiger partial charge >= 0.3 is 0 Å². The highest BCUT2D eigenvalue weighted by atomic mass is 15.0. The molecule has 0 amide bonds. The number of pyridine rings is 1. The molecule has 0 aliphatic rings. The highest BCUT2D eigenvalue weighted by molar-refractivity contribution is 5.83. The maximum absolute atomic E-state index is 5.15. The normalized spacial score (nSPS) is 11.1. The largest absolute Gasteiger partial charge is 0.299 e. The predicted molar refractivity (Wildman–Crippen MR) is 209 cm³/mol. The molecule has 4 heteroatoms. The number of rotatable bonds is 7. The molecule has 240 valence electrons. The van der Waals surface area contributed by atoms with Gasteiger partial charge in [-0.25, -0.2) is 15.0 Å². The van der Waals surface area contributed by atoms with Gasteiger partial charge in [-0.15, -0.1) is 0 Å². The van der Waals surface area contributed by atoms with E-state index in [0.29, 0.717) is 5.82 Å². The van der Waals surface area contributed by atoms with Crippen LogP contribution in [-0.2, 0) is 0 Å². The van der Waals surface area contributed by atoms with Gasteiger partial charge in [0.1, 0.15) is 5.65 Å². The van der Waals surface area contributed by atoms with Crippen molar-refractivity contribution < 1.29 is 0 Å². The fourth-order valence-corrected chi connectivity index (χ4v) is 6.65. The van der Waals surface area contributed by atoms with E-state index in [4.69, 9.17) is 15.0 Å². The fourth-order valence-electron chi connectivity index (χ4n) is 6.65. The molecule has 0 saturated carbocycles. The Morgan fingerprint density at radius 2 is 0.725 bits per heavy atom. The number of fused-ring (bicyclic) bond motifs is 1. The van der Waals surface area contributed by atoms with Crippen LogP contribution in [0.4, 0.5) is 0 Å². The van der Waals surface area contributed by atoms with E-state index in [0.717, 1.165) is 56.2 Å². The van der Waals surface area contributed by atoms with Crippen molar-refractivity contribution in [2.75, 3.05) is 0 Å². The average Bonchev–Trinajstić information content (AvgIpc) is 3.62. The molecule has 0 atom stereocenters. The first-order valence-corrected chi connectivity index (χ1v) is 17.1. The van der Waals surface area contributed by atoms with Crippen molar-refractivity contribution in [2.45, 2.75) is 0 Å². The van der Waals surface area contributed by atoms with Crippen molar-refractivity contribution >= 4 is 5.65 Å². The summed E-state index contributed by atoms with van der Waals surface area (Å²) in [5.41, 5.74) is 14.5. The quantitative estimate of drug-likeness (QED) is 0.172. The van der Waals surface area contributed by atoms with Gasteiger partial charge in [0, 0.05) is 34.0 Å². The van der Waals surface area contributed by atoms with Gasteiger partial charge in [0.15, 0.2) is 5.82 Å². The molecule has 0 unspecified atom stereocenters. The number of benzene rings is 6. The van der Waals surface area contributed by atoms with Gasteiger partial charge in [-0.3, -0.25) is 4.40 Å². The third-order valence-corrected chi connectivity index (χ3v) is 9.30. The summed E-state index contributed by atoms with van der Waals surface area (Å²) < 4.78 is 2.16. The van der Waals surface area contributed by atoms with Gasteiger partial charge in [-0.1, -0.05) is 170 Å². The third kappa shape index (κ3) is 6.00. The Morgan fingerprint density at radius 1 is 0.314 bits per heavy atom.